The first-order valence-electron chi connectivity index (χ1n) is 17.4. The molecule has 1 unspecified atom stereocenters. The molecule has 0 bridgehead atoms. The molecule has 10 heteroatoms. The van der Waals surface area contributed by atoms with Crippen LogP contribution in [0, 0.1) is 11.8 Å². The Kier molecular flexibility index (Phi) is 14.7. The number of thiol groups is 1. The molecular formula is C38H55F3N6S. The Hall–Kier alpha value is -3.24. The summed E-state index contributed by atoms with van der Waals surface area (Å²) in [5, 5.41) is 8.64. The van der Waals surface area contributed by atoms with Gasteiger partial charge >= 0.3 is 6.18 Å². The maximum absolute atomic E-state index is 14.4. The predicted octanol–water partition coefficient (Wildman–Crippen LogP) is 9.84. The zero-order valence-electron chi connectivity index (χ0n) is 30.1. The van der Waals surface area contributed by atoms with E-state index in [1.165, 1.54) is 24.5 Å². The fourth-order valence-electron chi connectivity index (χ4n) is 7.02. The first kappa shape index (κ1) is 39.2. The monoisotopic (exact) mass is 684 g/mol. The van der Waals surface area contributed by atoms with Crippen molar-refractivity contribution in [2.45, 2.75) is 85.7 Å². The van der Waals surface area contributed by atoms with Crippen LogP contribution in [-0.4, -0.2) is 56.6 Å². The van der Waals surface area contributed by atoms with Crippen LogP contribution in [0.4, 0.5) is 18.9 Å². The van der Waals surface area contributed by atoms with Crippen molar-refractivity contribution in [2.75, 3.05) is 30.8 Å². The smallest absolute Gasteiger partial charge is 0.320 e. The van der Waals surface area contributed by atoms with Gasteiger partial charge in [-0.25, -0.2) is 0 Å². The van der Waals surface area contributed by atoms with Gasteiger partial charge in [-0.05, 0) is 73.6 Å². The van der Waals surface area contributed by atoms with E-state index in [4.69, 9.17) is 0 Å². The van der Waals surface area contributed by atoms with Crippen molar-refractivity contribution >= 4 is 18.3 Å². The van der Waals surface area contributed by atoms with Crippen molar-refractivity contribution in [1.29, 1.82) is 0 Å². The summed E-state index contributed by atoms with van der Waals surface area (Å²) < 4.78 is 45.1. The number of halogens is 3. The third kappa shape index (κ3) is 8.86. The lowest BCUT2D eigenvalue weighted by molar-refractivity contribution is -0.0909. The molecule has 3 aliphatic heterocycles. The number of nitrogens with zero attached hydrogens (tertiary/aromatic N) is 6. The molecule has 4 heterocycles. The van der Waals surface area contributed by atoms with Gasteiger partial charge in [0.05, 0.1) is 11.3 Å². The Labute approximate surface area is 292 Å². The lowest BCUT2D eigenvalue weighted by atomic mass is 9.65. The maximum atomic E-state index is 14.4. The molecule has 0 N–H and O–H groups in total. The van der Waals surface area contributed by atoms with Crippen molar-refractivity contribution in [3.8, 4) is 0 Å². The molecule has 4 aliphatic rings. The highest BCUT2D eigenvalue weighted by Gasteiger charge is 2.44. The summed E-state index contributed by atoms with van der Waals surface area (Å²) in [5.74, 6) is 2.64. The van der Waals surface area contributed by atoms with Gasteiger partial charge in [-0.2, -0.15) is 25.8 Å². The van der Waals surface area contributed by atoms with Crippen LogP contribution in [0.25, 0.3) is 0 Å². The molecule has 0 spiro atoms. The number of hydrogen-bond donors (Lipinski definition) is 1. The molecular weight excluding hydrogens is 630 g/mol. The summed E-state index contributed by atoms with van der Waals surface area (Å²) in [6.45, 7) is 18.6. The number of aryl methyl sites for hydroxylation is 1. The molecule has 0 amide bonds. The van der Waals surface area contributed by atoms with Gasteiger partial charge in [-0.15, -0.1) is 10.2 Å². The van der Waals surface area contributed by atoms with Crippen molar-refractivity contribution in [2.24, 2.45) is 18.9 Å². The van der Waals surface area contributed by atoms with Crippen LogP contribution in [0.2, 0.25) is 0 Å². The summed E-state index contributed by atoms with van der Waals surface area (Å²) in [6, 6.07) is 8.09. The van der Waals surface area contributed by atoms with E-state index >= 15 is 0 Å². The minimum Gasteiger partial charge on any atom is -0.320 e. The number of alkyl halides is 3. The van der Waals surface area contributed by atoms with Crippen LogP contribution in [0.5, 0.6) is 0 Å². The molecule has 0 radical (unpaired) electrons. The van der Waals surface area contributed by atoms with E-state index in [-0.39, 0.29) is 11.6 Å². The van der Waals surface area contributed by atoms with Gasteiger partial charge in [0.15, 0.2) is 0 Å². The molecule has 48 heavy (non-hydrogen) atoms. The summed E-state index contributed by atoms with van der Waals surface area (Å²) in [7, 11) is 1.97. The Balaban J connectivity index is 0.000000987. The molecule has 2 aromatic rings. The highest BCUT2D eigenvalue weighted by atomic mass is 32.1. The number of allylic oxidation sites excluding steroid dienone is 1. The van der Waals surface area contributed by atoms with Crippen LogP contribution in [0.15, 0.2) is 90.0 Å². The molecule has 6 rings (SSSR count). The molecule has 1 aromatic heterocycles. The van der Waals surface area contributed by atoms with Crippen LogP contribution in [0.1, 0.15) is 91.0 Å². The molecule has 0 saturated heterocycles. The second-order valence-electron chi connectivity index (χ2n) is 12.2. The lowest BCUT2D eigenvalue weighted by Crippen LogP contribution is -2.33. The quantitative estimate of drug-likeness (QED) is 0.222. The van der Waals surface area contributed by atoms with Crippen molar-refractivity contribution in [3.63, 3.8) is 0 Å². The van der Waals surface area contributed by atoms with Crippen LogP contribution < -0.4 is 4.90 Å². The van der Waals surface area contributed by atoms with E-state index in [9.17, 15) is 13.2 Å². The van der Waals surface area contributed by atoms with Gasteiger partial charge in [0.25, 0.3) is 0 Å². The molecule has 1 aliphatic carbocycles. The number of fused-ring (bicyclic) bond motifs is 1. The summed E-state index contributed by atoms with van der Waals surface area (Å²) in [6.07, 6.45) is 11.4. The molecule has 1 aromatic carbocycles. The predicted molar refractivity (Wildman–Crippen MR) is 197 cm³/mol. The number of aromatic nitrogens is 3. The largest absolute Gasteiger partial charge is 0.418 e. The van der Waals surface area contributed by atoms with Gasteiger partial charge < -0.3 is 14.4 Å². The lowest BCUT2D eigenvalue weighted by Gasteiger charge is -2.40. The number of rotatable bonds is 8. The fraction of sp³-hybridized carbons (Fsp3) is 0.526. The number of hydrogen-bond acceptors (Lipinski definition) is 6. The second kappa shape index (κ2) is 18.0. The molecule has 1 atom stereocenters. The number of anilines is 1. The average Bonchev–Trinajstić information content (AvgIpc) is 3.64. The third-order valence-corrected chi connectivity index (χ3v) is 9.06. The van der Waals surface area contributed by atoms with E-state index < -0.39 is 11.7 Å². The van der Waals surface area contributed by atoms with E-state index in [2.05, 4.69) is 66.4 Å². The van der Waals surface area contributed by atoms with Crippen LogP contribution in [-0.2, 0) is 7.05 Å². The highest BCUT2D eigenvalue weighted by Crippen LogP contribution is 2.49. The van der Waals surface area contributed by atoms with Crippen molar-refractivity contribution in [1.82, 2.24) is 24.6 Å². The van der Waals surface area contributed by atoms with Gasteiger partial charge in [0, 0.05) is 50.7 Å². The Morgan fingerprint density at radius 1 is 1.06 bits per heavy atom. The Morgan fingerprint density at radius 2 is 1.77 bits per heavy atom. The zero-order valence-corrected chi connectivity index (χ0v) is 31.0. The van der Waals surface area contributed by atoms with E-state index in [0.717, 1.165) is 55.3 Å². The molecule has 1 saturated carbocycles. The first-order valence-corrected chi connectivity index (χ1v) is 18.3. The summed E-state index contributed by atoms with van der Waals surface area (Å²) in [5.41, 5.74) is 3.21. The minimum absolute atomic E-state index is 0.0656. The SMILES string of the molecule is C=C1N2C=C(CN3CCC=C(C)C3)C=C(C(F)(F)F)C2=CN1c1cccc(C(c2nncn2C)C2CC(CCC)C2)c1.CC.CC.CS. The normalized spacial score (nSPS) is 21.0. The van der Waals surface area contributed by atoms with Crippen molar-refractivity contribution < 1.29 is 13.2 Å². The Morgan fingerprint density at radius 3 is 2.38 bits per heavy atom. The van der Waals surface area contributed by atoms with Gasteiger partial charge in [-0.3, -0.25) is 4.90 Å². The third-order valence-electron chi connectivity index (χ3n) is 9.06. The van der Waals surface area contributed by atoms with E-state index in [1.807, 2.05) is 57.6 Å². The zero-order chi connectivity index (χ0) is 35.6. The van der Waals surface area contributed by atoms with Crippen LogP contribution in [0.3, 0.4) is 0 Å². The maximum Gasteiger partial charge on any atom is 0.418 e. The van der Waals surface area contributed by atoms with E-state index in [0.29, 0.717) is 23.9 Å². The van der Waals surface area contributed by atoms with Crippen LogP contribution >= 0.6 is 12.6 Å². The average molecular weight is 685 g/mol. The van der Waals surface area contributed by atoms with Gasteiger partial charge in [0.1, 0.15) is 18.0 Å². The molecule has 1 fully saturated rings. The van der Waals surface area contributed by atoms with E-state index in [1.54, 1.807) is 28.6 Å². The fourth-order valence-corrected chi connectivity index (χ4v) is 7.02. The van der Waals surface area contributed by atoms with Gasteiger partial charge in [-0.1, -0.05) is 77.8 Å². The minimum atomic E-state index is -4.49. The second-order valence-corrected chi connectivity index (χ2v) is 12.2. The molecule has 264 valence electrons. The Bertz CT molecular complexity index is 1480. The van der Waals surface area contributed by atoms with Gasteiger partial charge in [0.2, 0.25) is 0 Å². The summed E-state index contributed by atoms with van der Waals surface area (Å²) in [4.78, 5) is 5.57. The van der Waals surface area contributed by atoms with Crippen molar-refractivity contribution in [3.05, 3.63) is 101 Å². The standard InChI is InChI=1S/C33H39F3N6.2C2H6.CH4S/c1-5-8-24-13-27(14-24)31(32-38-37-21-39(32)4)26-10-6-11-28(16-26)41-20-30-29(33(34,35)36)15-25(19-42(30)23(41)3)18-40-12-7-9-22(2)17-40;3*1-2/h6,9-11,15-16,19-21,24,27,31H,3,5,7-8,12-14,17-18H2,1-2,4H3;2*1-2H3;2H,1H3. The first-order chi connectivity index (χ1) is 23.1. The summed E-state index contributed by atoms with van der Waals surface area (Å²) >= 11 is 3.53. The molecule has 6 nitrogen and oxygen atoms in total. The topological polar surface area (TPSA) is 40.4 Å². The number of benzene rings is 1. The highest BCUT2D eigenvalue weighted by molar-refractivity contribution is 7.79.